The third kappa shape index (κ3) is 4.84. The van der Waals surface area contributed by atoms with Crippen molar-refractivity contribution in [3.8, 4) is 0 Å². The average Bonchev–Trinajstić information content (AvgIpc) is 2.40. The van der Waals surface area contributed by atoms with Gasteiger partial charge >= 0.3 is 0 Å². The minimum Gasteiger partial charge on any atom is -0.251 e. The highest BCUT2D eigenvalue weighted by molar-refractivity contribution is 9.10. The van der Waals surface area contributed by atoms with Crippen LogP contribution in [0.4, 0.5) is 4.39 Å². The van der Waals surface area contributed by atoms with Gasteiger partial charge in [0.25, 0.3) is 0 Å². The lowest BCUT2D eigenvalue weighted by Gasteiger charge is -2.28. The van der Waals surface area contributed by atoms with Crippen LogP contribution in [0.1, 0.15) is 44.6 Å². The van der Waals surface area contributed by atoms with Gasteiger partial charge in [-0.25, -0.2) is 9.19 Å². The second-order valence-electron chi connectivity index (χ2n) is 5.45. The Kier molecular flexibility index (Phi) is 6.97. The molecular weight excluding hydrogens is 379 g/mol. The largest absolute Gasteiger partial charge is 0.251 e. The van der Waals surface area contributed by atoms with Crippen LogP contribution in [0.25, 0.3) is 0 Å². The van der Waals surface area contributed by atoms with E-state index in [1.165, 1.54) is 6.20 Å². The van der Waals surface area contributed by atoms with E-state index >= 15 is 0 Å². The van der Waals surface area contributed by atoms with Gasteiger partial charge in [-0.2, -0.15) is 4.39 Å². The standard InChI is InChI=1S/C14H19BrClFN2OS/c1-4-5-6-9(7-14(2,3)21(18)20)11-12(15)10(16)8-19-13(11)17/h4,8-9H,1,5-7,18H2,2-3H3/t9-,21?/m1/s1. The molecule has 0 aliphatic heterocycles. The van der Waals surface area contributed by atoms with Gasteiger partial charge in [-0.1, -0.05) is 17.7 Å². The van der Waals surface area contributed by atoms with Crippen LogP contribution in [-0.4, -0.2) is 13.9 Å². The van der Waals surface area contributed by atoms with Crippen molar-refractivity contribution in [1.29, 1.82) is 0 Å². The van der Waals surface area contributed by atoms with E-state index in [0.29, 0.717) is 34.3 Å². The lowest BCUT2D eigenvalue weighted by molar-refractivity contribution is 0.465. The first-order valence-corrected chi connectivity index (χ1v) is 8.85. The number of hydrogen-bond acceptors (Lipinski definition) is 2. The first kappa shape index (κ1) is 18.7. The van der Waals surface area contributed by atoms with Crippen LogP contribution in [0.15, 0.2) is 23.3 Å². The monoisotopic (exact) mass is 396 g/mol. The van der Waals surface area contributed by atoms with Gasteiger partial charge in [0.15, 0.2) is 0 Å². The molecule has 7 heteroatoms. The second-order valence-corrected chi connectivity index (χ2v) is 8.35. The minimum absolute atomic E-state index is 0.203. The summed E-state index contributed by atoms with van der Waals surface area (Å²) < 4.78 is 25.7. The molecule has 3 nitrogen and oxygen atoms in total. The Labute approximate surface area is 140 Å². The molecule has 0 aliphatic carbocycles. The normalized spacial score (nSPS) is 14.8. The summed E-state index contributed by atoms with van der Waals surface area (Å²) in [5, 5.41) is 5.88. The van der Waals surface area contributed by atoms with Crippen LogP contribution in [0.5, 0.6) is 0 Å². The fourth-order valence-electron chi connectivity index (χ4n) is 2.15. The molecule has 0 aliphatic rings. The number of rotatable bonds is 7. The number of halogens is 3. The van der Waals surface area contributed by atoms with Crippen LogP contribution in [0, 0.1) is 5.95 Å². The predicted molar refractivity (Wildman–Crippen MR) is 90.1 cm³/mol. The van der Waals surface area contributed by atoms with E-state index in [1.54, 1.807) is 19.9 Å². The molecule has 1 unspecified atom stereocenters. The fourth-order valence-corrected chi connectivity index (χ4v) is 3.26. The molecule has 0 saturated heterocycles. The quantitative estimate of drug-likeness (QED) is 0.545. The molecule has 1 aromatic heterocycles. The van der Waals surface area contributed by atoms with Gasteiger partial charge in [0.2, 0.25) is 5.95 Å². The zero-order valence-corrected chi connectivity index (χ0v) is 15.2. The van der Waals surface area contributed by atoms with Crippen molar-refractivity contribution in [3.63, 3.8) is 0 Å². The van der Waals surface area contributed by atoms with Crippen LogP contribution < -0.4 is 5.14 Å². The maximum atomic E-state index is 14.2. The molecule has 0 fully saturated rings. The van der Waals surface area contributed by atoms with E-state index in [1.807, 2.05) is 0 Å². The first-order valence-electron chi connectivity index (χ1n) is 6.47. The molecule has 1 rings (SSSR count). The molecule has 21 heavy (non-hydrogen) atoms. The van der Waals surface area contributed by atoms with E-state index in [2.05, 4.69) is 27.5 Å². The second kappa shape index (κ2) is 7.81. The van der Waals surface area contributed by atoms with Crippen molar-refractivity contribution in [3.05, 3.63) is 39.9 Å². The molecule has 0 bridgehead atoms. The Hall–Kier alpha value is -0.300. The zero-order valence-electron chi connectivity index (χ0n) is 12.0. The average molecular weight is 398 g/mol. The van der Waals surface area contributed by atoms with Gasteiger partial charge in [-0.15, -0.1) is 6.58 Å². The number of pyridine rings is 1. The molecule has 1 aromatic rings. The fraction of sp³-hybridized carbons (Fsp3) is 0.500. The number of allylic oxidation sites excluding steroid dienone is 1. The predicted octanol–water partition coefficient (Wildman–Crippen LogP) is 4.48. The first-order chi connectivity index (χ1) is 9.70. The molecule has 0 spiro atoms. The maximum absolute atomic E-state index is 14.2. The summed E-state index contributed by atoms with van der Waals surface area (Å²) >= 11 is 9.34. The van der Waals surface area contributed by atoms with Crippen molar-refractivity contribution in [2.45, 2.75) is 43.8 Å². The van der Waals surface area contributed by atoms with E-state index < -0.39 is 21.7 Å². The minimum atomic E-state index is -1.51. The topological polar surface area (TPSA) is 56.0 Å². The SMILES string of the molecule is C=CCC[C@H](CC(C)(C)S(N)=O)c1c(F)ncc(Cl)c1Br. The van der Waals surface area contributed by atoms with E-state index in [0.717, 1.165) is 0 Å². The van der Waals surface area contributed by atoms with E-state index in [-0.39, 0.29) is 5.92 Å². The smallest absolute Gasteiger partial charge is 0.217 e. The molecule has 1 heterocycles. The van der Waals surface area contributed by atoms with E-state index in [9.17, 15) is 8.60 Å². The summed E-state index contributed by atoms with van der Waals surface area (Å²) in [7, 11) is -1.51. The van der Waals surface area contributed by atoms with Gasteiger partial charge in [0, 0.05) is 16.2 Å². The van der Waals surface area contributed by atoms with Crippen LogP contribution in [0.3, 0.4) is 0 Å². The summed E-state index contributed by atoms with van der Waals surface area (Å²) in [4.78, 5) is 3.68. The van der Waals surface area contributed by atoms with Crippen molar-refractivity contribution in [1.82, 2.24) is 4.98 Å². The molecule has 0 aromatic carbocycles. The summed E-state index contributed by atoms with van der Waals surface area (Å²) in [5.41, 5.74) is 0.405. The highest BCUT2D eigenvalue weighted by atomic mass is 79.9. The molecule has 0 radical (unpaired) electrons. The molecule has 0 saturated carbocycles. The van der Waals surface area contributed by atoms with Crippen LogP contribution in [-0.2, 0) is 11.0 Å². The van der Waals surface area contributed by atoms with Gasteiger partial charge in [-0.3, -0.25) is 5.14 Å². The molecule has 0 amide bonds. The number of nitrogens with two attached hydrogens (primary N) is 1. The van der Waals surface area contributed by atoms with Crippen LogP contribution in [0.2, 0.25) is 5.02 Å². The molecule has 2 atom stereocenters. The Balaban J connectivity index is 3.23. The highest BCUT2D eigenvalue weighted by Crippen LogP contribution is 2.39. The third-order valence-corrected chi connectivity index (χ3v) is 5.99. The number of hydrogen-bond donors (Lipinski definition) is 1. The molecule has 2 N–H and O–H groups in total. The van der Waals surface area contributed by atoms with Crippen molar-refractivity contribution >= 4 is 38.5 Å². The summed E-state index contributed by atoms with van der Waals surface area (Å²) in [6.07, 6.45) is 4.85. The van der Waals surface area contributed by atoms with Gasteiger partial charge in [0.1, 0.15) is 0 Å². The van der Waals surface area contributed by atoms with Gasteiger partial charge in [-0.05, 0) is 55.0 Å². The summed E-state index contributed by atoms with van der Waals surface area (Å²) in [6.45, 7) is 7.29. The van der Waals surface area contributed by atoms with Crippen LogP contribution >= 0.6 is 27.5 Å². The Morgan fingerprint density at radius 1 is 1.67 bits per heavy atom. The molecular formula is C14H19BrClFN2OS. The Bertz CT molecular complexity index is 554. The Morgan fingerprint density at radius 3 is 2.81 bits per heavy atom. The maximum Gasteiger partial charge on any atom is 0.217 e. The molecule has 118 valence electrons. The Morgan fingerprint density at radius 2 is 2.29 bits per heavy atom. The lowest BCUT2D eigenvalue weighted by Crippen LogP contribution is -2.34. The third-order valence-electron chi connectivity index (χ3n) is 3.37. The van der Waals surface area contributed by atoms with Crippen molar-refractivity contribution in [2.75, 3.05) is 0 Å². The zero-order chi connectivity index (χ0) is 16.2. The summed E-state index contributed by atoms with van der Waals surface area (Å²) in [6, 6.07) is 0. The van der Waals surface area contributed by atoms with Crippen molar-refractivity contribution < 1.29 is 8.60 Å². The van der Waals surface area contributed by atoms with Gasteiger partial charge < -0.3 is 0 Å². The van der Waals surface area contributed by atoms with E-state index in [4.69, 9.17) is 16.7 Å². The number of aromatic nitrogens is 1. The lowest BCUT2D eigenvalue weighted by atomic mass is 9.87. The van der Waals surface area contributed by atoms with Gasteiger partial charge in [0.05, 0.1) is 20.8 Å². The van der Waals surface area contributed by atoms with Crippen molar-refractivity contribution in [2.24, 2.45) is 5.14 Å². The number of nitrogens with zero attached hydrogens (tertiary/aromatic N) is 1. The summed E-state index contributed by atoms with van der Waals surface area (Å²) in [5.74, 6) is -0.773. The highest BCUT2D eigenvalue weighted by Gasteiger charge is 2.31.